The summed E-state index contributed by atoms with van der Waals surface area (Å²) in [5, 5.41) is 7.96. The van der Waals surface area contributed by atoms with E-state index < -0.39 is 10.0 Å². The smallest absolute Gasteiger partial charge is 0.238 e. The Balaban J connectivity index is 2.23. The maximum Gasteiger partial charge on any atom is 0.238 e. The molecule has 1 fully saturated rings. The van der Waals surface area contributed by atoms with E-state index in [0.717, 1.165) is 6.42 Å². The molecular formula is C12H15ClN2O3S. The van der Waals surface area contributed by atoms with Gasteiger partial charge in [0.1, 0.15) is 0 Å². The largest absolute Gasteiger partial charge is 0.324 e. The quantitative estimate of drug-likeness (QED) is 0.894. The normalized spacial score (nSPS) is 20.9. The second-order valence-electron chi connectivity index (χ2n) is 5.42. The highest BCUT2D eigenvalue weighted by atomic mass is 35.5. The molecule has 2 rings (SSSR count). The number of halogens is 1. The summed E-state index contributed by atoms with van der Waals surface area (Å²) >= 11 is 5.94. The number of primary sulfonamides is 1. The van der Waals surface area contributed by atoms with Gasteiger partial charge in [0.05, 0.1) is 15.6 Å². The lowest BCUT2D eigenvalue weighted by molar-refractivity contribution is -0.118. The lowest BCUT2D eigenvalue weighted by Gasteiger charge is -2.09. The molecule has 7 heteroatoms. The number of rotatable bonds is 3. The Kier molecular flexibility index (Phi) is 3.36. The third-order valence-corrected chi connectivity index (χ3v) is 4.59. The van der Waals surface area contributed by atoms with Crippen molar-refractivity contribution in [3.8, 4) is 0 Å². The number of nitrogens with two attached hydrogens (primary N) is 1. The van der Waals surface area contributed by atoms with Crippen LogP contribution in [0.4, 0.5) is 5.69 Å². The number of benzene rings is 1. The molecule has 1 aliphatic rings. The topological polar surface area (TPSA) is 89.3 Å². The minimum absolute atomic E-state index is 0.00584. The molecule has 1 saturated carbocycles. The Labute approximate surface area is 117 Å². The molecule has 0 aliphatic heterocycles. The highest BCUT2D eigenvalue weighted by molar-refractivity contribution is 7.89. The standard InChI is InChI=1S/C12H15ClN2O3S/c1-12(2)6-8(12)11(16)15-10-5-7(19(14,17)18)3-4-9(10)13/h3-5,8H,6H2,1-2H3,(H,15,16)(H2,14,17,18). The molecule has 3 N–H and O–H groups in total. The summed E-state index contributed by atoms with van der Waals surface area (Å²) in [6, 6.07) is 3.97. The summed E-state index contributed by atoms with van der Waals surface area (Å²) < 4.78 is 22.5. The van der Waals surface area contributed by atoms with E-state index in [1.807, 2.05) is 13.8 Å². The maximum atomic E-state index is 12.0. The van der Waals surface area contributed by atoms with E-state index in [-0.39, 0.29) is 32.8 Å². The summed E-state index contributed by atoms with van der Waals surface area (Å²) in [7, 11) is -3.82. The van der Waals surface area contributed by atoms with E-state index in [0.29, 0.717) is 0 Å². The van der Waals surface area contributed by atoms with Gasteiger partial charge in [-0.2, -0.15) is 0 Å². The number of hydrogen-bond donors (Lipinski definition) is 2. The van der Waals surface area contributed by atoms with Crippen LogP contribution in [-0.2, 0) is 14.8 Å². The van der Waals surface area contributed by atoms with Crippen molar-refractivity contribution in [1.29, 1.82) is 0 Å². The SMILES string of the molecule is CC1(C)CC1C(=O)Nc1cc(S(N)(=O)=O)ccc1Cl. The third kappa shape index (κ3) is 3.08. The van der Waals surface area contributed by atoms with Crippen molar-refractivity contribution >= 4 is 33.2 Å². The van der Waals surface area contributed by atoms with Crippen molar-refractivity contribution in [3.05, 3.63) is 23.2 Å². The van der Waals surface area contributed by atoms with Gasteiger partial charge in [0, 0.05) is 5.92 Å². The van der Waals surface area contributed by atoms with Crippen molar-refractivity contribution in [2.75, 3.05) is 5.32 Å². The zero-order chi connectivity index (χ0) is 14.4. The lowest BCUT2D eigenvalue weighted by atomic mass is 10.1. The first kappa shape index (κ1) is 14.3. The summed E-state index contributed by atoms with van der Waals surface area (Å²) in [4.78, 5) is 11.9. The molecule has 0 saturated heterocycles. The van der Waals surface area contributed by atoms with E-state index in [2.05, 4.69) is 5.32 Å². The number of carbonyl (C=O) groups is 1. The Hall–Kier alpha value is -1.11. The fourth-order valence-corrected chi connectivity index (χ4v) is 2.62. The second kappa shape index (κ2) is 4.47. The molecule has 1 aliphatic carbocycles. The number of amides is 1. The van der Waals surface area contributed by atoms with Crippen molar-refractivity contribution in [2.24, 2.45) is 16.5 Å². The van der Waals surface area contributed by atoms with Crippen LogP contribution in [0, 0.1) is 11.3 Å². The van der Waals surface area contributed by atoms with Crippen LogP contribution >= 0.6 is 11.6 Å². The Morgan fingerprint density at radius 3 is 2.53 bits per heavy atom. The number of carbonyl (C=O) groups excluding carboxylic acids is 1. The first-order valence-corrected chi connectivity index (χ1v) is 7.67. The van der Waals surface area contributed by atoms with Gasteiger partial charge in [-0.05, 0) is 30.0 Å². The van der Waals surface area contributed by atoms with Gasteiger partial charge in [-0.15, -0.1) is 0 Å². The summed E-state index contributed by atoms with van der Waals surface area (Å²) in [6.07, 6.45) is 0.811. The van der Waals surface area contributed by atoms with Gasteiger partial charge in [-0.3, -0.25) is 4.79 Å². The van der Waals surface area contributed by atoms with Crippen molar-refractivity contribution < 1.29 is 13.2 Å². The fraction of sp³-hybridized carbons (Fsp3) is 0.417. The molecule has 0 radical (unpaired) electrons. The fourth-order valence-electron chi connectivity index (χ4n) is 1.91. The highest BCUT2D eigenvalue weighted by Gasteiger charge is 2.50. The Bertz CT molecular complexity index is 640. The van der Waals surface area contributed by atoms with Crippen LogP contribution in [0.2, 0.25) is 5.02 Å². The molecule has 1 unspecified atom stereocenters. The molecule has 1 amide bonds. The molecule has 104 valence electrons. The summed E-state index contributed by atoms with van der Waals surface area (Å²) in [6.45, 7) is 4.00. The van der Waals surface area contributed by atoms with E-state index >= 15 is 0 Å². The molecule has 0 spiro atoms. The number of hydrogen-bond acceptors (Lipinski definition) is 3. The van der Waals surface area contributed by atoms with Gasteiger partial charge in [0.25, 0.3) is 0 Å². The van der Waals surface area contributed by atoms with Crippen LogP contribution in [-0.4, -0.2) is 14.3 Å². The van der Waals surface area contributed by atoms with Crippen LogP contribution in [0.15, 0.2) is 23.1 Å². The average molecular weight is 303 g/mol. The maximum absolute atomic E-state index is 12.0. The molecule has 1 aromatic carbocycles. The van der Waals surface area contributed by atoms with Crippen LogP contribution < -0.4 is 10.5 Å². The zero-order valence-corrected chi connectivity index (χ0v) is 12.2. The predicted molar refractivity (Wildman–Crippen MR) is 73.3 cm³/mol. The Morgan fingerprint density at radius 1 is 1.47 bits per heavy atom. The van der Waals surface area contributed by atoms with Crippen molar-refractivity contribution in [3.63, 3.8) is 0 Å². The lowest BCUT2D eigenvalue weighted by Crippen LogP contribution is -2.18. The number of sulfonamides is 1. The van der Waals surface area contributed by atoms with Crippen LogP contribution in [0.1, 0.15) is 20.3 Å². The van der Waals surface area contributed by atoms with Gasteiger partial charge in [0.15, 0.2) is 0 Å². The third-order valence-electron chi connectivity index (χ3n) is 3.35. The monoisotopic (exact) mass is 302 g/mol. The van der Waals surface area contributed by atoms with E-state index in [1.54, 1.807) is 0 Å². The van der Waals surface area contributed by atoms with E-state index in [1.165, 1.54) is 18.2 Å². The molecular weight excluding hydrogens is 288 g/mol. The molecule has 19 heavy (non-hydrogen) atoms. The zero-order valence-electron chi connectivity index (χ0n) is 10.6. The van der Waals surface area contributed by atoms with Crippen molar-refractivity contribution in [1.82, 2.24) is 0 Å². The molecule has 0 bridgehead atoms. The highest BCUT2D eigenvalue weighted by Crippen LogP contribution is 2.52. The number of nitrogens with one attached hydrogen (secondary N) is 1. The molecule has 0 aromatic heterocycles. The molecule has 5 nitrogen and oxygen atoms in total. The minimum Gasteiger partial charge on any atom is -0.324 e. The van der Waals surface area contributed by atoms with Crippen LogP contribution in [0.3, 0.4) is 0 Å². The van der Waals surface area contributed by atoms with E-state index in [9.17, 15) is 13.2 Å². The van der Waals surface area contributed by atoms with Crippen molar-refractivity contribution in [2.45, 2.75) is 25.2 Å². The van der Waals surface area contributed by atoms with Gasteiger partial charge in [-0.25, -0.2) is 13.6 Å². The molecule has 1 atom stereocenters. The number of anilines is 1. The van der Waals surface area contributed by atoms with Gasteiger partial charge in [0.2, 0.25) is 15.9 Å². The van der Waals surface area contributed by atoms with Gasteiger partial charge >= 0.3 is 0 Å². The van der Waals surface area contributed by atoms with Crippen LogP contribution in [0.5, 0.6) is 0 Å². The average Bonchev–Trinajstić information content (AvgIpc) is 2.89. The van der Waals surface area contributed by atoms with Crippen LogP contribution in [0.25, 0.3) is 0 Å². The summed E-state index contributed by atoms with van der Waals surface area (Å²) in [5.41, 5.74) is 0.259. The first-order valence-electron chi connectivity index (χ1n) is 5.74. The van der Waals surface area contributed by atoms with Gasteiger partial charge < -0.3 is 5.32 Å². The summed E-state index contributed by atoms with van der Waals surface area (Å²) in [5.74, 6) is -0.222. The van der Waals surface area contributed by atoms with Gasteiger partial charge in [-0.1, -0.05) is 25.4 Å². The first-order chi connectivity index (χ1) is 8.61. The predicted octanol–water partition coefficient (Wildman–Crippen LogP) is 1.97. The molecule has 1 aromatic rings. The van der Waals surface area contributed by atoms with E-state index in [4.69, 9.17) is 16.7 Å². The Morgan fingerprint density at radius 2 is 2.05 bits per heavy atom. The minimum atomic E-state index is -3.82. The molecule has 0 heterocycles. The second-order valence-corrected chi connectivity index (χ2v) is 7.39.